The molecule has 0 unspecified atom stereocenters. The fourth-order valence-corrected chi connectivity index (χ4v) is 3.20. The molecule has 8 nitrogen and oxygen atoms in total. The molecule has 1 heterocycles. The lowest BCUT2D eigenvalue weighted by Crippen LogP contribution is -2.09. The predicted molar refractivity (Wildman–Crippen MR) is 108 cm³/mol. The summed E-state index contributed by atoms with van der Waals surface area (Å²) in [6.07, 6.45) is 2.61. The minimum atomic E-state index is -1.24. The number of carbonyl (C=O) groups is 1. The van der Waals surface area contributed by atoms with Crippen LogP contribution in [0.15, 0.2) is 48.7 Å². The molecule has 3 rings (SSSR count). The predicted octanol–water partition coefficient (Wildman–Crippen LogP) is 4.33. The van der Waals surface area contributed by atoms with E-state index in [0.29, 0.717) is 5.69 Å². The third-order valence-corrected chi connectivity index (χ3v) is 4.64. The molecule has 0 saturated carbocycles. The van der Waals surface area contributed by atoms with Crippen molar-refractivity contribution < 1.29 is 14.8 Å². The van der Waals surface area contributed by atoms with Crippen molar-refractivity contribution >= 4 is 17.3 Å². The second-order valence-corrected chi connectivity index (χ2v) is 6.34. The van der Waals surface area contributed by atoms with Gasteiger partial charge in [-0.25, -0.2) is 4.79 Å². The molecule has 29 heavy (non-hydrogen) atoms. The van der Waals surface area contributed by atoms with Crippen molar-refractivity contribution in [2.75, 3.05) is 5.32 Å². The van der Waals surface area contributed by atoms with Gasteiger partial charge in [-0.05, 0) is 29.2 Å². The first kappa shape index (κ1) is 19.6. The van der Waals surface area contributed by atoms with Gasteiger partial charge < -0.3 is 15.4 Å². The molecule has 146 valence electrons. The summed E-state index contributed by atoms with van der Waals surface area (Å²) >= 11 is 0. The van der Waals surface area contributed by atoms with Crippen LogP contribution in [0.5, 0.6) is 0 Å². The van der Waals surface area contributed by atoms with Crippen LogP contribution in [0.3, 0.4) is 0 Å². The largest absolute Gasteiger partial charge is 0.478 e. The van der Waals surface area contributed by atoms with Crippen LogP contribution in [0.25, 0.3) is 11.1 Å². The molecular formula is C21H18N4O4. The van der Waals surface area contributed by atoms with Gasteiger partial charge >= 0.3 is 5.97 Å². The summed E-state index contributed by atoms with van der Waals surface area (Å²) in [5, 5.41) is 32.7. The van der Waals surface area contributed by atoms with Crippen molar-refractivity contribution in [3.05, 3.63) is 81.2 Å². The number of rotatable bonds is 7. The van der Waals surface area contributed by atoms with Gasteiger partial charge in [0.25, 0.3) is 5.69 Å². The van der Waals surface area contributed by atoms with Gasteiger partial charge in [0.15, 0.2) is 0 Å². The van der Waals surface area contributed by atoms with Gasteiger partial charge in [0.2, 0.25) is 0 Å². The Balaban J connectivity index is 1.86. The molecule has 0 aliphatic rings. The standard InChI is InChI=1S/C21H18N4O4/c1-2-14-12-23-17(10-22)19(14)15-8-6-13(7-9-15)11-24-20-16(21(26)27)4-3-5-18(20)25(28)29/h3-9,12,23-24H,2,11H2,1H3,(H,26,27). The third kappa shape index (κ3) is 3.94. The number of nitro benzene ring substituents is 1. The fourth-order valence-electron chi connectivity index (χ4n) is 3.20. The van der Waals surface area contributed by atoms with Crippen LogP contribution in [0.4, 0.5) is 11.4 Å². The average molecular weight is 390 g/mol. The zero-order valence-corrected chi connectivity index (χ0v) is 15.6. The summed E-state index contributed by atoms with van der Waals surface area (Å²) in [5.74, 6) is -1.24. The number of nitrogens with one attached hydrogen (secondary N) is 2. The maximum Gasteiger partial charge on any atom is 0.338 e. The molecule has 0 bridgehead atoms. The highest BCUT2D eigenvalue weighted by molar-refractivity contribution is 5.96. The van der Waals surface area contributed by atoms with Crippen LogP contribution < -0.4 is 5.32 Å². The number of aryl methyl sites for hydroxylation is 1. The normalized spacial score (nSPS) is 10.3. The summed E-state index contributed by atoms with van der Waals surface area (Å²) in [5.41, 5.74) is 3.63. The van der Waals surface area contributed by atoms with E-state index in [-0.39, 0.29) is 23.5 Å². The van der Waals surface area contributed by atoms with E-state index in [1.54, 1.807) is 0 Å². The summed E-state index contributed by atoms with van der Waals surface area (Å²) in [4.78, 5) is 25.0. The quantitative estimate of drug-likeness (QED) is 0.406. The molecule has 3 N–H and O–H groups in total. The Morgan fingerprint density at radius 1 is 1.28 bits per heavy atom. The highest BCUT2D eigenvalue weighted by Gasteiger charge is 2.21. The number of nitriles is 1. The number of hydrogen-bond donors (Lipinski definition) is 3. The van der Waals surface area contributed by atoms with E-state index in [2.05, 4.69) is 16.4 Å². The van der Waals surface area contributed by atoms with E-state index >= 15 is 0 Å². The van der Waals surface area contributed by atoms with Crippen LogP contribution in [0, 0.1) is 21.4 Å². The Hall–Kier alpha value is -4.12. The Bertz CT molecular complexity index is 1080. The molecule has 0 fully saturated rings. The number of nitro groups is 1. The number of hydrogen-bond acceptors (Lipinski definition) is 5. The van der Waals surface area contributed by atoms with Crippen LogP contribution in [-0.2, 0) is 13.0 Å². The lowest BCUT2D eigenvalue weighted by atomic mass is 9.99. The number of carboxylic acids is 1. The van der Waals surface area contributed by atoms with Gasteiger partial charge in [0.05, 0.1) is 10.5 Å². The Labute approximate surface area is 166 Å². The smallest absolute Gasteiger partial charge is 0.338 e. The maximum absolute atomic E-state index is 11.4. The number of H-pyrrole nitrogens is 1. The maximum atomic E-state index is 11.4. The zero-order chi connectivity index (χ0) is 21.0. The first-order valence-corrected chi connectivity index (χ1v) is 8.90. The van der Waals surface area contributed by atoms with Crippen molar-refractivity contribution in [3.8, 4) is 17.2 Å². The van der Waals surface area contributed by atoms with E-state index in [1.165, 1.54) is 18.2 Å². The van der Waals surface area contributed by atoms with Crippen molar-refractivity contribution in [1.29, 1.82) is 5.26 Å². The molecule has 0 saturated heterocycles. The van der Waals surface area contributed by atoms with E-state index < -0.39 is 10.9 Å². The number of aromatic carboxylic acids is 1. The second kappa shape index (κ2) is 8.27. The van der Waals surface area contributed by atoms with Gasteiger partial charge in [-0.1, -0.05) is 37.3 Å². The lowest BCUT2D eigenvalue weighted by molar-refractivity contribution is -0.384. The molecule has 2 aromatic carbocycles. The van der Waals surface area contributed by atoms with Gasteiger partial charge in [-0.15, -0.1) is 0 Å². The number of para-hydroxylation sites is 1. The SMILES string of the molecule is CCc1c[nH]c(C#N)c1-c1ccc(CNc2c(C(=O)O)cccc2[N+](=O)[O-])cc1. The topological polar surface area (TPSA) is 132 Å². The molecule has 3 aromatic rings. The van der Waals surface area contributed by atoms with Gasteiger partial charge in [-0.2, -0.15) is 5.26 Å². The number of benzene rings is 2. The van der Waals surface area contributed by atoms with Crippen LogP contribution in [0.1, 0.15) is 34.1 Å². The third-order valence-electron chi connectivity index (χ3n) is 4.64. The minimum Gasteiger partial charge on any atom is -0.478 e. The minimum absolute atomic E-state index is 0.0280. The number of anilines is 1. The Morgan fingerprint density at radius 2 is 2.00 bits per heavy atom. The fraction of sp³-hybridized carbons (Fsp3) is 0.143. The molecule has 0 atom stereocenters. The molecular weight excluding hydrogens is 372 g/mol. The van der Waals surface area contributed by atoms with Crippen LogP contribution in [0.2, 0.25) is 0 Å². The first-order valence-electron chi connectivity index (χ1n) is 8.90. The summed E-state index contributed by atoms with van der Waals surface area (Å²) in [7, 11) is 0. The van der Waals surface area contributed by atoms with E-state index in [4.69, 9.17) is 0 Å². The molecule has 0 aliphatic carbocycles. The molecule has 0 radical (unpaired) electrons. The van der Waals surface area contributed by atoms with E-state index in [0.717, 1.165) is 28.7 Å². The van der Waals surface area contributed by atoms with Crippen molar-refractivity contribution in [2.24, 2.45) is 0 Å². The summed E-state index contributed by atoms with van der Waals surface area (Å²) < 4.78 is 0. The number of aromatic amines is 1. The Kier molecular flexibility index (Phi) is 5.60. The van der Waals surface area contributed by atoms with Gasteiger partial charge in [0, 0.05) is 24.4 Å². The van der Waals surface area contributed by atoms with Crippen molar-refractivity contribution in [3.63, 3.8) is 0 Å². The van der Waals surface area contributed by atoms with E-state index in [1.807, 2.05) is 37.4 Å². The lowest BCUT2D eigenvalue weighted by Gasteiger charge is -2.11. The first-order chi connectivity index (χ1) is 14.0. The Morgan fingerprint density at radius 3 is 2.59 bits per heavy atom. The zero-order valence-electron chi connectivity index (χ0n) is 15.6. The van der Waals surface area contributed by atoms with Gasteiger partial charge in [0.1, 0.15) is 17.5 Å². The highest BCUT2D eigenvalue weighted by atomic mass is 16.6. The molecule has 0 spiro atoms. The number of carboxylic acid groups (broad SMARTS) is 1. The summed E-state index contributed by atoms with van der Waals surface area (Å²) in [6, 6.07) is 13.5. The number of aromatic nitrogens is 1. The average Bonchev–Trinajstić information content (AvgIpc) is 3.15. The molecule has 0 aliphatic heterocycles. The molecule has 8 heteroatoms. The van der Waals surface area contributed by atoms with Gasteiger partial charge in [-0.3, -0.25) is 10.1 Å². The molecule has 1 aromatic heterocycles. The molecule has 0 amide bonds. The monoisotopic (exact) mass is 390 g/mol. The van der Waals surface area contributed by atoms with E-state index in [9.17, 15) is 25.3 Å². The van der Waals surface area contributed by atoms with Crippen LogP contribution >= 0.6 is 0 Å². The van der Waals surface area contributed by atoms with Crippen molar-refractivity contribution in [2.45, 2.75) is 19.9 Å². The number of nitrogens with zero attached hydrogens (tertiary/aromatic N) is 2. The van der Waals surface area contributed by atoms with Crippen molar-refractivity contribution in [1.82, 2.24) is 4.98 Å². The van der Waals surface area contributed by atoms with Crippen LogP contribution in [-0.4, -0.2) is 21.0 Å². The second-order valence-electron chi connectivity index (χ2n) is 6.34. The highest BCUT2D eigenvalue weighted by Crippen LogP contribution is 2.30. The summed E-state index contributed by atoms with van der Waals surface area (Å²) in [6.45, 7) is 2.23.